The van der Waals surface area contributed by atoms with E-state index in [1.165, 1.54) is 7.11 Å². The third kappa shape index (κ3) is 6.27. The Hall–Kier alpha value is -2.44. The molecule has 0 bridgehead atoms. The van der Waals surface area contributed by atoms with Crippen LogP contribution in [0.4, 0.5) is 0 Å². The second-order valence-electron chi connectivity index (χ2n) is 7.54. The van der Waals surface area contributed by atoms with Crippen molar-refractivity contribution >= 4 is 11.8 Å². The summed E-state index contributed by atoms with van der Waals surface area (Å²) in [6, 6.07) is 9.75. The van der Waals surface area contributed by atoms with Gasteiger partial charge in [-0.15, -0.1) is 0 Å². The van der Waals surface area contributed by atoms with Crippen LogP contribution in [0.3, 0.4) is 0 Å². The molecule has 0 fully saturated rings. The lowest BCUT2D eigenvalue weighted by atomic mass is 9.82. The van der Waals surface area contributed by atoms with Gasteiger partial charge in [-0.05, 0) is 39.2 Å². The van der Waals surface area contributed by atoms with Crippen molar-refractivity contribution in [3.05, 3.63) is 58.9 Å². The maximum Gasteiger partial charge on any atom is 0.333 e. The first-order chi connectivity index (χ1) is 13.8. The Kier molecular flexibility index (Phi) is 8.17. The first kappa shape index (κ1) is 22.8. The molecule has 1 N–H and O–H groups in total. The number of aliphatic hydroxyl groups is 1. The monoisotopic (exact) mass is 402 g/mol. The fourth-order valence-corrected chi connectivity index (χ4v) is 3.35. The molecule has 6 heteroatoms. The maximum absolute atomic E-state index is 12.6. The maximum atomic E-state index is 12.6. The van der Waals surface area contributed by atoms with Gasteiger partial charge in [-0.25, -0.2) is 4.79 Å². The van der Waals surface area contributed by atoms with Crippen molar-refractivity contribution in [2.75, 3.05) is 13.9 Å². The molecule has 0 saturated carbocycles. The van der Waals surface area contributed by atoms with E-state index in [2.05, 4.69) is 4.74 Å². The zero-order chi connectivity index (χ0) is 21.4. The molecule has 158 valence electrons. The first-order valence-corrected chi connectivity index (χ1v) is 9.72. The molecule has 2 atom stereocenters. The zero-order valence-corrected chi connectivity index (χ0v) is 17.6. The molecule has 29 heavy (non-hydrogen) atoms. The number of hydrogen-bond donors (Lipinski definition) is 1. The number of ether oxygens (including phenoxy) is 3. The smallest absolute Gasteiger partial charge is 0.333 e. The summed E-state index contributed by atoms with van der Waals surface area (Å²) in [7, 11) is 1.33. The SMILES string of the molecule is COC(=O)/C(C)=C\CCC(C)(O)C1CC(OCOCc2ccccc2)=C(C)C1=O. The number of allylic oxidation sites excluding steroid dienone is 3. The fraction of sp³-hybridized carbons (Fsp3) is 0.478. The van der Waals surface area contributed by atoms with Gasteiger partial charge in [-0.2, -0.15) is 0 Å². The molecular weight excluding hydrogens is 372 g/mol. The molecule has 2 unspecified atom stereocenters. The Bertz CT molecular complexity index is 776. The van der Waals surface area contributed by atoms with Crippen molar-refractivity contribution in [1.82, 2.24) is 0 Å². The van der Waals surface area contributed by atoms with E-state index in [-0.39, 0.29) is 12.6 Å². The van der Waals surface area contributed by atoms with Crippen LogP contribution in [0.2, 0.25) is 0 Å². The highest BCUT2D eigenvalue weighted by Gasteiger charge is 2.43. The Morgan fingerprint density at radius 2 is 2.00 bits per heavy atom. The van der Waals surface area contributed by atoms with Crippen LogP contribution in [-0.2, 0) is 30.4 Å². The van der Waals surface area contributed by atoms with Gasteiger partial charge in [0.15, 0.2) is 12.6 Å². The third-order valence-electron chi connectivity index (χ3n) is 5.28. The van der Waals surface area contributed by atoms with Crippen LogP contribution in [0.15, 0.2) is 53.3 Å². The number of carbonyl (C=O) groups is 2. The summed E-state index contributed by atoms with van der Waals surface area (Å²) in [5.41, 5.74) is 0.844. The van der Waals surface area contributed by atoms with Crippen LogP contribution < -0.4 is 0 Å². The van der Waals surface area contributed by atoms with Crippen LogP contribution >= 0.6 is 0 Å². The van der Waals surface area contributed by atoms with Crippen molar-refractivity contribution in [3.63, 3.8) is 0 Å². The molecule has 6 nitrogen and oxygen atoms in total. The second kappa shape index (κ2) is 10.4. The highest BCUT2D eigenvalue weighted by Crippen LogP contribution is 2.38. The molecule has 0 aromatic heterocycles. The molecular formula is C23H30O6. The summed E-state index contributed by atoms with van der Waals surface area (Å²) < 4.78 is 15.9. The van der Waals surface area contributed by atoms with Crippen molar-refractivity contribution < 1.29 is 28.9 Å². The van der Waals surface area contributed by atoms with Crippen LogP contribution in [0.25, 0.3) is 0 Å². The number of benzene rings is 1. The van der Waals surface area contributed by atoms with Crippen LogP contribution in [0.1, 0.15) is 45.6 Å². The van der Waals surface area contributed by atoms with E-state index in [9.17, 15) is 14.7 Å². The molecule has 1 aromatic carbocycles. The molecule has 0 aliphatic heterocycles. The predicted octanol–water partition coefficient (Wildman–Crippen LogP) is 3.69. The Morgan fingerprint density at radius 1 is 1.31 bits per heavy atom. The third-order valence-corrected chi connectivity index (χ3v) is 5.28. The van der Waals surface area contributed by atoms with Gasteiger partial charge in [0, 0.05) is 17.6 Å². The summed E-state index contributed by atoms with van der Waals surface area (Å²) in [4.78, 5) is 24.1. The summed E-state index contributed by atoms with van der Waals surface area (Å²) in [6.07, 6.45) is 2.87. The van der Waals surface area contributed by atoms with Gasteiger partial charge in [-0.1, -0.05) is 36.4 Å². The summed E-state index contributed by atoms with van der Waals surface area (Å²) in [5.74, 6) is -0.514. The quantitative estimate of drug-likeness (QED) is 0.278. The topological polar surface area (TPSA) is 82.1 Å². The van der Waals surface area contributed by atoms with Crippen molar-refractivity contribution in [2.24, 2.45) is 5.92 Å². The van der Waals surface area contributed by atoms with Gasteiger partial charge in [0.2, 0.25) is 0 Å². The summed E-state index contributed by atoms with van der Waals surface area (Å²) in [6.45, 7) is 5.50. The molecule has 0 radical (unpaired) electrons. The Balaban J connectivity index is 1.85. The van der Waals surface area contributed by atoms with E-state index in [1.807, 2.05) is 30.3 Å². The molecule has 0 amide bonds. The van der Waals surface area contributed by atoms with Crippen LogP contribution in [0, 0.1) is 5.92 Å². The minimum Gasteiger partial charge on any atom is -0.471 e. The minimum atomic E-state index is -1.21. The molecule has 0 heterocycles. The van der Waals surface area contributed by atoms with Crippen molar-refractivity contribution in [3.8, 4) is 0 Å². The molecule has 1 aliphatic carbocycles. The highest BCUT2D eigenvalue weighted by molar-refractivity contribution is 6.00. The average molecular weight is 402 g/mol. The Morgan fingerprint density at radius 3 is 2.66 bits per heavy atom. The van der Waals surface area contributed by atoms with Crippen molar-refractivity contribution in [1.29, 1.82) is 0 Å². The number of Topliss-reactive ketones (excluding diaryl/α,β-unsaturated/α-hetero) is 1. The van der Waals surface area contributed by atoms with E-state index in [0.717, 1.165) is 5.56 Å². The van der Waals surface area contributed by atoms with Crippen molar-refractivity contribution in [2.45, 2.75) is 52.2 Å². The first-order valence-electron chi connectivity index (χ1n) is 9.72. The Labute approximate surface area is 172 Å². The van der Waals surface area contributed by atoms with Gasteiger partial charge >= 0.3 is 5.97 Å². The lowest BCUT2D eigenvalue weighted by Gasteiger charge is -2.29. The number of carbonyl (C=O) groups excluding carboxylic acids is 2. The minimum absolute atomic E-state index is 0.0464. The van der Waals surface area contributed by atoms with Gasteiger partial charge in [-0.3, -0.25) is 4.79 Å². The average Bonchev–Trinajstić information content (AvgIpc) is 3.00. The molecule has 0 saturated heterocycles. The van der Waals surface area contributed by atoms with E-state index in [4.69, 9.17) is 9.47 Å². The molecule has 0 spiro atoms. The lowest BCUT2D eigenvalue weighted by molar-refractivity contribution is -0.136. The molecule has 1 aliphatic rings. The number of methoxy groups -OCH3 is 1. The van der Waals surface area contributed by atoms with E-state index in [1.54, 1.807) is 26.8 Å². The predicted molar refractivity (Wildman–Crippen MR) is 109 cm³/mol. The standard InChI is InChI=1S/C23H30O6/c1-16(22(25)27-4)9-8-12-23(3,26)19-13-20(17(2)21(19)24)29-15-28-14-18-10-6-5-7-11-18/h5-7,9-11,19,26H,8,12-15H2,1-4H3/b16-9-. The molecule has 2 rings (SSSR count). The number of ketones is 1. The fourth-order valence-electron chi connectivity index (χ4n) is 3.35. The van der Waals surface area contributed by atoms with Gasteiger partial charge in [0.1, 0.15) is 5.76 Å². The van der Waals surface area contributed by atoms with Gasteiger partial charge < -0.3 is 19.3 Å². The van der Waals surface area contributed by atoms with Crippen LogP contribution in [-0.4, -0.2) is 36.4 Å². The highest BCUT2D eigenvalue weighted by atomic mass is 16.7. The zero-order valence-electron chi connectivity index (χ0n) is 17.6. The van der Waals surface area contributed by atoms with E-state index >= 15 is 0 Å². The number of hydrogen-bond acceptors (Lipinski definition) is 6. The number of esters is 1. The van der Waals surface area contributed by atoms with E-state index < -0.39 is 17.5 Å². The number of rotatable bonds is 10. The second-order valence-corrected chi connectivity index (χ2v) is 7.54. The van der Waals surface area contributed by atoms with Gasteiger partial charge in [0.25, 0.3) is 0 Å². The lowest BCUT2D eigenvalue weighted by Crippen LogP contribution is -2.37. The van der Waals surface area contributed by atoms with Crippen LogP contribution in [0.5, 0.6) is 0 Å². The van der Waals surface area contributed by atoms with Gasteiger partial charge in [0.05, 0.1) is 25.2 Å². The molecule has 1 aromatic rings. The summed E-state index contributed by atoms with van der Waals surface area (Å²) >= 11 is 0. The largest absolute Gasteiger partial charge is 0.471 e. The normalized spacial score (nSPS) is 19.3. The summed E-state index contributed by atoms with van der Waals surface area (Å²) in [5, 5.41) is 10.9. The van der Waals surface area contributed by atoms with E-state index in [0.29, 0.717) is 42.8 Å².